The number of rotatable bonds is 7. The third-order valence-electron chi connectivity index (χ3n) is 5.78. The number of likely N-dealkylation sites (N-methyl/N-ethyl adjacent to an activating group) is 2. The summed E-state index contributed by atoms with van der Waals surface area (Å²) in [6.45, 7) is 1.08. The second-order valence-corrected chi connectivity index (χ2v) is 8.41. The van der Waals surface area contributed by atoms with Crippen molar-refractivity contribution < 1.29 is 19.0 Å². The number of carbonyl (C=O) groups is 1. The molecule has 34 heavy (non-hydrogen) atoms. The topological polar surface area (TPSA) is 81.7 Å². The zero-order valence-electron chi connectivity index (χ0n) is 19.6. The van der Waals surface area contributed by atoms with Gasteiger partial charge in [-0.15, -0.1) is 0 Å². The predicted octanol–water partition coefficient (Wildman–Crippen LogP) is 4.38. The molecule has 2 aromatic carbocycles. The van der Waals surface area contributed by atoms with E-state index in [9.17, 15) is 14.3 Å². The molecule has 2 heterocycles. The molecular weight excluding hydrogens is 435 g/mol. The van der Waals surface area contributed by atoms with Crippen molar-refractivity contribution in [3.8, 4) is 33.8 Å². The highest BCUT2D eigenvalue weighted by Gasteiger charge is 2.21. The van der Waals surface area contributed by atoms with Crippen LogP contribution in [-0.2, 0) is 0 Å². The Balaban J connectivity index is 1.77. The first-order valence-corrected chi connectivity index (χ1v) is 10.8. The fourth-order valence-electron chi connectivity index (χ4n) is 3.84. The van der Waals surface area contributed by atoms with Gasteiger partial charge in [0.2, 0.25) is 0 Å². The van der Waals surface area contributed by atoms with Gasteiger partial charge in [-0.3, -0.25) is 4.79 Å². The van der Waals surface area contributed by atoms with E-state index in [1.807, 2.05) is 55.5 Å². The number of hydrogen-bond donors (Lipinski definition) is 2. The molecular formula is C26H27FN4O3. The third kappa shape index (κ3) is 4.45. The molecule has 0 radical (unpaired) electrons. The van der Waals surface area contributed by atoms with E-state index >= 15 is 0 Å². The Morgan fingerprint density at radius 3 is 2.59 bits per heavy atom. The lowest BCUT2D eigenvalue weighted by molar-refractivity contribution is 0.0782. The molecule has 1 amide bonds. The van der Waals surface area contributed by atoms with E-state index in [1.54, 1.807) is 20.4 Å². The lowest BCUT2D eigenvalue weighted by Gasteiger charge is -2.20. The number of fused-ring (bicyclic) bond motifs is 1. The number of H-pyrrole nitrogens is 1. The molecule has 0 unspecified atom stereocenters. The lowest BCUT2D eigenvalue weighted by Crippen LogP contribution is -2.33. The fraction of sp³-hybridized carbons (Fsp3) is 0.231. The van der Waals surface area contributed by atoms with Gasteiger partial charge in [-0.1, -0.05) is 18.2 Å². The van der Waals surface area contributed by atoms with E-state index in [-0.39, 0.29) is 5.56 Å². The molecule has 176 valence electrons. The Morgan fingerprint density at radius 1 is 1.09 bits per heavy atom. The van der Waals surface area contributed by atoms with Crippen molar-refractivity contribution in [2.45, 2.75) is 0 Å². The molecule has 0 fully saturated rings. The number of phenolic OH excluding ortho intramolecular Hbond substituents is 1. The molecule has 0 aliphatic carbocycles. The summed E-state index contributed by atoms with van der Waals surface area (Å²) >= 11 is 0. The van der Waals surface area contributed by atoms with Crippen LogP contribution in [0.1, 0.15) is 10.4 Å². The minimum atomic E-state index is -0.860. The van der Waals surface area contributed by atoms with Crippen molar-refractivity contribution in [2.75, 3.05) is 41.3 Å². The average Bonchev–Trinajstić information content (AvgIpc) is 3.26. The zero-order chi connectivity index (χ0) is 24.4. The van der Waals surface area contributed by atoms with Crippen LogP contribution < -0.4 is 4.74 Å². The lowest BCUT2D eigenvalue weighted by atomic mass is 9.99. The highest BCUT2D eigenvalue weighted by atomic mass is 19.1. The van der Waals surface area contributed by atoms with Crippen molar-refractivity contribution in [3.63, 3.8) is 0 Å². The van der Waals surface area contributed by atoms with Gasteiger partial charge in [0.05, 0.1) is 12.7 Å². The first-order chi connectivity index (χ1) is 16.3. The second-order valence-electron chi connectivity index (χ2n) is 8.41. The minimum Gasteiger partial charge on any atom is -0.504 e. The van der Waals surface area contributed by atoms with Crippen molar-refractivity contribution in [3.05, 3.63) is 66.2 Å². The summed E-state index contributed by atoms with van der Waals surface area (Å²) in [5, 5.41) is 11.1. The summed E-state index contributed by atoms with van der Waals surface area (Å²) in [5.41, 5.74) is 3.43. The van der Waals surface area contributed by atoms with E-state index in [4.69, 9.17) is 4.74 Å². The monoisotopic (exact) mass is 462 g/mol. The Kier molecular flexibility index (Phi) is 6.51. The summed E-state index contributed by atoms with van der Waals surface area (Å²) in [6, 6.07) is 12.3. The van der Waals surface area contributed by atoms with E-state index < -0.39 is 17.5 Å². The van der Waals surface area contributed by atoms with Gasteiger partial charge < -0.3 is 24.6 Å². The molecule has 0 bridgehead atoms. The standard InChI is InChI=1S/C26H27FN4O3/c1-30(2)9-10-31(3)26(33)20-11-16(13-22(27)24(20)32)17-12-19-21(15-29-25(19)28-14-17)18-7-5-6-8-23(18)34-4/h5-8,11-15,32H,9-10H2,1-4H3,(H,28,29). The molecule has 0 atom stereocenters. The number of ether oxygens (including phenoxy) is 1. The molecule has 8 heteroatoms. The highest BCUT2D eigenvalue weighted by Crippen LogP contribution is 2.37. The number of carbonyl (C=O) groups excluding carboxylic acids is 1. The molecule has 0 aliphatic heterocycles. The number of halogens is 1. The Labute approximate surface area is 197 Å². The first-order valence-electron chi connectivity index (χ1n) is 10.8. The van der Waals surface area contributed by atoms with Gasteiger partial charge in [0.25, 0.3) is 5.91 Å². The number of methoxy groups -OCH3 is 1. The van der Waals surface area contributed by atoms with Crippen LogP contribution in [0.4, 0.5) is 4.39 Å². The molecule has 4 aromatic rings. The van der Waals surface area contributed by atoms with Crippen LogP contribution in [0.2, 0.25) is 0 Å². The van der Waals surface area contributed by atoms with Gasteiger partial charge in [-0.2, -0.15) is 0 Å². The van der Waals surface area contributed by atoms with E-state index in [0.717, 1.165) is 22.3 Å². The number of nitrogens with zero attached hydrogens (tertiary/aromatic N) is 3. The summed E-state index contributed by atoms with van der Waals surface area (Å²) in [7, 11) is 7.05. The number of benzene rings is 2. The smallest absolute Gasteiger partial charge is 0.257 e. The number of amides is 1. The number of para-hydroxylation sites is 1. The van der Waals surface area contributed by atoms with Crippen molar-refractivity contribution in [1.82, 2.24) is 19.8 Å². The maximum Gasteiger partial charge on any atom is 0.257 e. The van der Waals surface area contributed by atoms with Crippen molar-refractivity contribution >= 4 is 16.9 Å². The summed E-state index contributed by atoms with van der Waals surface area (Å²) in [4.78, 5) is 24.0. The largest absolute Gasteiger partial charge is 0.504 e. The fourth-order valence-corrected chi connectivity index (χ4v) is 3.84. The van der Waals surface area contributed by atoms with Gasteiger partial charge in [-0.05, 0) is 43.9 Å². The van der Waals surface area contributed by atoms with Crippen molar-refractivity contribution in [1.29, 1.82) is 0 Å². The molecule has 0 spiro atoms. The van der Waals surface area contributed by atoms with Crippen molar-refractivity contribution in [2.24, 2.45) is 0 Å². The number of pyridine rings is 1. The maximum atomic E-state index is 14.7. The predicted molar refractivity (Wildman–Crippen MR) is 131 cm³/mol. The van der Waals surface area contributed by atoms with Crippen LogP contribution in [0.25, 0.3) is 33.3 Å². The molecule has 0 saturated carbocycles. The normalized spacial score (nSPS) is 11.2. The number of phenols is 1. The quantitative estimate of drug-likeness (QED) is 0.426. The number of hydrogen-bond acceptors (Lipinski definition) is 5. The van der Waals surface area contributed by atoms with Gasteiger partial charge in [-0.25, -0.2) is 9.37 Å². The average molecular weight is 463 g/mol. The third-order valence-corrected chi connectivity index (χ3v) is 5.78. The molecule has 0 saturated heterocycles. The Hall–Kier alpha value is -3.91. The second kappa shape index (κ2) is 9.52. The number of aromatic hydroxyl groups is 1. The van der Waals surface area contributed by atoms with Gasteiger partial charge >= 0.3 is 0 Å². The number of nitrogens with one attached hydrogen (secondary N) is 1. The molecule has 2 aromatic heterocycles. The molecule has 4 rings (SSSR count). The Bertz CT molecular complexity index is 1350. The van der Waals surface area contributed by atoms with Crippen LogP contribution >= 0.6 is 0 Å². The number of aromatic amines is 1. The summed E-state index contributed by atoms with van der Waals surface area (Å²) < 4.78 is 20.2. The van der Waals surface area contributed by atoms with Crippen LogP contribution in [-0.4, -0.2) is 72.1 Å². The molecule has 7 nitrogen and oxygen atoms in total. The molecule has 0 aliphatic rings. The van der Waals surface area contributed by atoms with Gasteiger partial charge in [0, 0.05) is 54.6 Å². The Morgan fingerprint density at radius 2 is 1.85 bits per heavy atom. The maximum absolute atomic E-state index is 14.7. The highest BCUT2D eigenvalue weighted by molar-refractivity contribution is 6.00. The zero-order valence-corrected chi connectivity index (χ0v) is 19.6. The molecule has 2 N–H and O–H groups in total. The number of aromatic nitrogens is 2. The summed E-state index contributed by atoms with van der Waals surface area (Å²) in [5.74, 6) is -1.25. The van der Waals surface area contributed by atoms with Gasteiger partial charge in [0.1, 0.15) is 11.4 Å². The van der Waals surface area contributed by atoms with E-state index in [2.05, 4.69) is 9.97 Å². The van der Waals surface area contributed by atoms with Crippen LogP contribution in [0, 0.1) is 5.82 Å². The summed E-state index contributed by atoms with van der Waals surface area (Å²) in [6.07, 6.45) is 3.46. The minimum absolute atomic E-state index is 0.0876. The van der Waals surface area contributed by atoms with Gasteiger partial charge in [0.15, 0.2) is 11.6 Å². The van der Waals surface area contributed by atoms with Crippen LogP contribution in [0.3, 0.4) is 0 Å². The van der Waals surface area contributed by atoms with E-state index in [0.29, 0.717) is 29.9 Å². The van der Waals surface area contributed by atoms with E-state index in [1.165, 1.54) is 17.0 Å². The van der Waals surface area contributed by atoms with Crippen LogP contribution in [0.15, 0.2) is 54.9 Å². The SMILES string of the molecule is COc1ccccc1-c1c[nH]c2ncc(-c3cc(F)c(O)c(C(=O)N(C)CCN(C)C)c3)cc12. The van der Waals surface area contributed by atoms with Crippen LogP contribution in [0.5, 0.6) is 11.5 Å². The first kappa shape index (κ1) is 23.3.